The molecule has 0 spiro atoms. The van der Waals surface area contributed by atoms with Gasteiger partial charge in [-0.05, 0) is 18.6 Å². The van der Waals surface area contributed by atoms with Crippen LogP contribution in [0.1, 0.15) is 10.4 Å². The Morgan fingerprint density at radius 2 is 2.06 bits per heavy atom. The summed E-state index contributed by atoms with van der Waals surface area (Å²) in [6.07, 6.45) is 0. The molecule has 1 fully saturated rings. The first-order valence-electron chi connectivity index (χ1n) is 5.43. The van der Waals surface area contributed by atoms with Crippen LogP contribution in [-0.4, -0.2) is 37.3 Å². The fourth-order valence-corrected chi connectivity index (χ4v) is 5.93. The Kier molecular flexibility index (Phi) is 4.14. The van der Waals surface area contributed by atoms with Crippen molar-refractivity contribution < 1.29 is 8.42 Å². The summed E-state index contributed by atoms with van der Waals surface area (Å²) in [6, 6.07) is 1.74. The molecule has 1 aliphatic rings. The first-order chi connectivity index (χ1) is 8.05. The van der Waals surface area contributed by atoms with Crippen molar-refractivity contribution in [1.82, 2.24) is 4.31 Å². The molecule has 0 aromatic carbocycles. The molecule has 17 heavy (non-hydrogen) atoms. The van der Waals surface area contributed by atoms with Gasteiger partial charge in [0.25, 0.3) is 10.0 Å². The van der Waals surface area contributed by atoms with Crippen molar-refractivity contribution in [2.45, 2.75) is 17.7 Å². The number of aryl methyl sites for hydroxylation is 1. The quantitative estimate of drug-likeness (QED) is 0.911. The largest absolute Gasteiger partial charge is 0.326 e. The summed E-state index contributed by atoms with van der Waals surface area (Å²) >= 11 is 3.10. The third-order valence-corrected chi connectivity index (χ3v) is 7.30. The minimum Gasteiger partial charge on any atom is -0.326 e. The van der Waals surface area contributed by atoms with E-state index in [2.05, 4.69) is 0 Å². The van der Waals surface area contributed by atoms with Crippen LogP contribution in [0.25, 0.3) is 0 Å². The highest BCUT2D eigenvalue weighted by Gasteiger charge is 2.28. The highest BCUT2D eigenvalue weighted by molar-refractivity contribution is 7.99. The highest BCUT2D eigenvalue weighted by atomic mass is 32.2. The summed E-state index contributed by atoms with van der Waals surface area (Å²) in [5.41, 5.74) is 6.56. The molecule has 0 aliphatic carbocycles. The van der Waals surface area contributed by atoms with Crippen molar-refractivity contribution in [3.63, 3.8) is 0 Å². The molecule has 1 saturated heterocycles. The number of thioether (sulfide) groups is 1. The summed E-state index contributed by atoms with van der Waals surface area (Å²) in [4.78, 5) is 0.954. The minimum atomic E-state index is -3.29. The van der Waals surface area contributed by atoms with E-state index in [9.17, 15) is 8.42 Å². The molecule has 96 valence electrons. The summed E-state index contributed by atoms with van der Waals surface area (Å²) < 4.78 is 26.7. The van der Waals surface area contributed by atoms with Crippen molar-refractivity contribution >= 4 is 33.1 Å². The summed E-state index contributed by atoms with van der Waals surface area (Å²) in [5, 5.41) is 0. The van der Waals surface area contributed by atoms with Crippen molar-refractivity contribution in [2.24, 2.45) is 5.73 Å². The van der Waals surface area contributed by atoms with Gasteiger partial charge in [-0.1, -0.05) is 0 Å². The molecule has 0 radical (unpaired) electrons. The average Bonchev–Trinajstić information content (AvgIpc) is 2.72. The van der Waals surface area contributed by atoms with Gasteiger partial charge in [-0.2, -0.15) is 16.1 Å². The van der Waals surface area contributed by atoms with Crippen molar-refractivity contribution in [3.8, 4) is 0 Å². The van der Waals surface area contributed by atoms with Gasteiger partial charge in [-0.15, -0.1) is 11.3 Å². The Balaban J connectivity index is 2.30. The van der Waals surface area contributed by atoms with Crippen LogP contribution in [0, 0.1) is 6.92 Å². The lowest BCUT2D eigenvalue weighted by molar-refractivity contribution is 0.445. The molecule has 4 nitrogen and oxygen atoms in total. The van der Waals surface area contributed by atoms with E-state index in [0.29, 0.717) is 23.8 Å². The molecule has 2 rings (SSSR count). The zero-order chi connectivity index (χ0) is 12.5. The van der Waals surface area contributed by atoms with E-state index >= 15 is 0 Å². The van der Waals surface area contributed by atoms with Crippen LogP contribution in [0.15, 0.2) is 10.3 Å². The highest BCUT2D eigenvalue weighted by Crippen LogP contribution is 2.29. The number of thiophene rings is 1. The van der Waals surface area contributed by atoms with Crippen molar-refractivity contribution in [2.75, 3.05) is 24.6 Å². The fraction of sp³-hybridized carbons (Fsp3) is 0.600. The fourth-order valence-electron chi connectivity index (χ4n) is 1.73. The second-order valence-corrected chi connectivity index (χ2v) is 8.42. The molecular formula is C10H16N2O2S3. The van der Waals surface area contributed by atoms with E-state index in [0.717, 1.165) is 21.9 Å². The van der Waals surface area contributed by atoms with Gasteiger partial charge in [0, 0.05) is 36.0 Å². The molecule has 2 heterocycles. The van der Waals surface area contributed by atoms with Gasteiger partial charge < -0.3 is 5.73 Å². The molecule has 0 amide bonds. The smallest absolute Gasteiger partial charge is 0.252 e. The van der Waals surface area contributed by atoms with E-state index in [1.54, 1.807) is 22.1 Å². The molecule has 1 aromatic rings. The van der Waals surface area contributed by atoms with Crippen LogP contribution in [0.5, 0.6) is 0 Å². The zero-order valence-corrected chi connectivity index (χ0v) is 12.1. The normalized spacial score (nSPS) is 18.5. The lowest BCUT2D eigenvalue weighted by Gasteiger charge is -2.24. The van der Waals surface area contributed by atoms with Gasteiger partial charge in [0.2, 0.25) is 0 Å². The molecule has 7 heteroatoms. The Bertz CT molecular complexity index is 490. The average molecular weight is 292 g/mol. The Hall–Kier alpha value is -0.0800. The summed E-state index contributed by atoms with van der Waals surface area (Å²) in [5.74, 6) is 1.76. The van der Waals surface area contributed by atoms with Gasteiger partial charge in [-0.3, -0.25) is 0 Å². The number of nitrogens with two attached hydrogens (primary N) is 1. The number of sulfonamides is 1. The van der Waals surface area contributed by atoms with Gasteiger partial charge in [0.05, 0.1) is 0 Å². The second kappa shape index (κ2) is 5.27. The van der Waals surface area contributed by atoms with Crippen LogP contribution in [0.4, 0.5) is 0 Å². The Labute approximate surface area is 110 Å². The van der Waals surface area contributed by atoms with E-state index in [4.69, 9.17) is 5.73 Å². The number of hydrogen-bond donors (Lipinski definition) is 1. The zero-order valence-electron chi connectivity index (χ0n) is 9.68. The monoisotopic (exact) mass is 292 g/mol. The molecule has 0 bridgehead atoms. The molecule has 1 aromatic heterocycles. The predicted octanol–water partition coefficient (Wildman–Crippen LogP) is 1.25. The Morgan fingerprint density at radius 3 is 2.59 bits per heavy atom. The number of rotatable bonds is 3. The molecule has 0 atom stereocenters. The maximum absolute atomic E-state index is 12.4. The van der Waals surface area contributed by atoms with Gasteiger partial charge in [0.1, 0.15) is 4.21 Å². The van der Waals surface area contributed by atoms with E-state index in [-0.39, 0.29) is 0 Å². The van der Waals surface area contributed by atoms with E-state index in [1.807, 2.05) is 6.92 Å². The van der Waals surface area contributed by atoms with Gasteiger partial charge in [0.15, 0.2) is 0 Å². The topological polar surface area (TPSA) is 63.4 Å². The van der Waals surface area contributed by atoms with Crippen LogP contribution < -0.4 is 5.73 Å². The van der Waals surface area contributed by atoms with Gasteiger partial charge in [-0.25, -0.2) is 8.42 Å². The summed E-state index contributed by atoms with van der Waals surface area (Å²) in [6.45, 7) is 3.54. The van der Waals surface area contributed by atoms with Gasteiger partial charge >= 0.3 is 0 Å². The van der Waals surface area contributed by atoms with E-state index in [1.165, 1.54) is 11.3 Å². The van der Waals surface area contributed by atoms with Crippen LogP contribution in [0.3, 0.4) is 0 Å². The SMILES string of the molecule is Cc1cc(S(=O)(=O)N2CCSCC2)sc1CN. The lowest BCUT2D eigenvalue weighted by atomic mass is 10.3. The molecule has 1 aliphatic heterocycles. The third kappa shape index (κ3) is 2.68. The lowest BCUT2D eigenvalue weighted by Crippen LogP contribution is -2.37. The number of hydrogen-bond acceptors (Lipinski definition) is 5. The van der Waals surface area contributed by atoms with Crippen molar-refractivity contribution in [1.29, 1.82) is 0 Å². The standard InChI is InChI=1S/C10H16N2O2S3/c1-8-6-10(16-9(8)7-11)17(13,14)12-2-4-15-5-3-12/h6H,2-5,7,11H2,1H3. The third-order valence-electron chi connectivity index (χ3n) is 2.75. The predicted molar refractivity (Wildman–Crippen MR) is 73.0 cm³/mol. The van der Waals surface area contributed by atoms with Crippen LogP contribution >= 0.6 is 23.1 Å². The first-order valence-corrected chi connectivity index (χ1v) is 8.84. The maximum atomic E-state index is 12.4. The summed E-state index contributed by atoms with van der Waals surface area (Å²) in [7, 11) is -3.29. The van der Waals surface area contributed by atoms with Crippen LogP contribution in [0.2, 0.25) is 0 Å². The van der Waals surface area contributed by atoms with E-state index < -0.39 is 10.0 Å². The number of nitrogens with zero attached hydrogens (tertiary/aromatic N) is 1. The molecule has 0 saturated carbocycles. The van der Waals surface area contributed by atoms with Crippen molar-refractivity contribution in [3.05, 3.63) is 16.5 Å². The molecular weight excluding hydrogens is 276 g/mol. The maximum Gasteiger partial charge on any atom is 0.252 e. The Morgan fingerprint density at radius 1 is 1.41 bits per heavy atom. The second-order valence-electron chi connectivity index (χ2n) is 3.89. The molecule has 0 unspecified atom stereocenters. The molecule has 2 N–H and O–H groups in total. The van der Waals surface area contributed by atoms with Crippen LogP contribution in [-0.2, 0) is 16.6 Å². The minimum absolute atomic E-state index is 0.405. The first kappa shape index (κ1) is 13.4.